The van der Waals surface area contributed by atoms with Crippen molar-refractivity contribution in [3.63, 3.8) is 0 Å². The number of hydrogen-bond acceptors (Lipinski definition) is 5. The van der Waals surface area contributed by atoms with Gasteiger partial charge in [-0.15, -0.1) is 11.3 Å². The smallest absolute Gasteiger partial charge is 0.225 e. The van der Waals surface area contributed by atoms with Crippen LogP contribution in [0.25, 0.3) is 10.2 Å². The van der Waals surface area contributed by atoms with Crippen molar-refractivity contribution in [3.05, 3.63) is 18.2 Å². The van der Waals surface area contributed by atoms with Crippen molar-refractivity contribution in [3.8, 4) is 0 Å². The molecule has 2 aromatic rings. The van der Waals surface area contributed by atoms with Gasteiger partial charge in [-0.25, -0.2) is 4.98 Å². The SMILES string of the molecule is CSc1nc2ccc(NC(=O)CC(N)C(C)C)cc2s1. The van der Waals surface area contributed by atoms with Crippen LogP contribution < -0.4 is 11.1 Å². The molecule has 1 aromatic heterocycles. The second kappa shape index (κ2) is 6.56. The van der Waals surface area contributed by atoms with Gasteiger partial charge in [0.15, 0.2) is 4.34 Å². The number of rotatable bonds is 5. The van der Waals surface area contributed by atoms with Gasteiger partial charge >= 0.3 is 0 Å². The summed E-state index contributed by atoms with van der Waals surface area (Å²) in [6, 6.07) is 5.67. The summed E-state index contributed by atoms with van der Waals surface area (Å²) in [5, 5.41) is 2.90. The van der Waals surface area contributed by atoms with E-state index >= 15 is 0 Å². The summed E-state index contributed by atoms with van der Waals surface area (Å²) < 4.78 is 2.12. The van der Waals surface area contributed by atoms with E-state index in [4.69, 9.17) is 5.73 Å². The Kier molecular flexibility index (Phi) is 5.01. The third-order valence-corrected chi connectivity index (χ3v) is 5.11. The predicted octanol–water partition coefficient (Wildman–Crippen LogP) is 3.33. The first-order valence-electron chi connectivity index (χ1n) is 6.49. The van der Waals surface area contributed by atoms with Crippen LogP contribution in [0.15, 0.2) is 22.5 Å². The average Bonchev–Trinajstić information content (AvgIpc) is 2.80. The number of amides is 1. The Labute approximate surface area is 127 Å². The molecule has 1 aromatic carbocycles. The number of carbonyl (C=O) groups excluding carboxylic acids is 1. The third kappa shape index (κ3) is 3.71. The minimum atomic E-state index is -0.106. The second-order valence-corrected chi connectivity index (χ2v) is 7.11. The molecular weight excluding hydrogens is 290 g/mol. The van der Waals surface area contributed by atoms with Crippen LogP contribution in [-0.2, 0) is 4.79 Å². The Morgan fingerprint density at radius 2 is 2.25 bits per heavy atom. The number of nitrogens with zero attached hydrogens (tertiary/aromatic N) is 1. The molecule has 0 radical (unpaired) electrons. The summed E-state index contributed by atoms with van der Waals surface area (Å²) in [7, 11) is 0. The van der Waals surface area contributed by atoms with Gasteiger partial charge < -0.3 is 11.1 Å². The fourth-order valence-corrected chi connectivity index (χ4v) is 3.26. The molecule has 2 rings (SSSR count). The van der Waals surface area contributed by atoms with Gasteiger partial charge in [-0.05, 0) is 30.4 Å². The van der Waals surface area contributed by atoms with Crippen LogP contribution in [0.1, 0.15) is 20.3 Å². The number of anilines is 1. The molecule has 108 valence electrons. The summed E-state index contributed by atoms with van der Waals surface area (Å²) in [5.74, 6) is 0.258. The molecule has 1 unspecified atom stereocenters. The highest BCUT2D eigenvalue weighted by Crippen LogP contribution is 2.30. The molecule has 1 amide bonds. The van der Waals surface area contributed by atoms with Gasteiger partial charge in [0.1, 0.15) is 0 Å². The largest absolute Gasteiger partial charge is 0.327 e. The molecule has 6 heteroatoms. The van der Waals surface area contributed by atoms with Crippen molar-refractivity contribution < 1.29 is 4.79 Å². The molecule has 0 aliphatic rings. The van der Waals surface area contributed by atoms with Crippen LogP contribution in [0.4, 0.5) is 5.69 Å². The van der Waals surface area contributed by atoms with Crippen molar-refractivity contribution in [2.45, 2.75) is 30.6 Å². The molecule has 0 aliphatic carbocycles. The molecule has 0 saturated carbocycles. The molecule has 0 saturated heterocycles. The Hall–Kier alpha value is -1.11. The lowest BCUT2D eigenvalue weighted by Crippen LogP contribution is -2.31. The minimum absolute atomic E-state index is 0.0415. The van der Waals surface area contributed by atoms with E-state index in [2.05, 4.69) is 10.3 Å². The Morgan fingerprint density at radius 1 is 1.50 bits per heavy atom. The number of nitrogens with one attached hydrogen (secondary N) is 1. The fourth-order valence-electron chi connectivity index (χ4n) is 1.73. The first-order chi connectivity index (χ1) is 9.49. The molecule has 4 nitrogen and oxygen atoms in total. The minimum Gasteiger partial charge on any atom is -0.327 e. The number of aromatic nitrogens is 1. The summed E-state index contributed by atoms with van der Waals surface area (Å²) in [4.78, 5) is 16.4. The van der Waals surface area contributed by atoms with Crippen LogP contribution in [-0.4, -0.2) is 23.2 Å². The van der Waals surface area contributed by atoms with Crippen molar-refractivity contribution in [2.75, 3.05) is 11.6 Å². The third-order valence-electron chi connectivity index (χ3n) is 3.10. The van der Waals surface area contributed by atoms with E-state index in [1.165, 1.54) is 0 Å². The Bertz CT molecular complexity index is 609. The Morgan fingerprint density at radius 3 is 2.90 bits per heavy atom. The van der Waals surface area contributed by atoms with Crippen LogP contribution in [0, 0.1) is 5.92 Å². The summed E-state index contributed by atoms with van der Waals surface area (Å²) >= 11 is 3.26. The lowest BCUT2D eigenvalue weighted by molar-refractivity contribution is -0.116. The van der Waals surface area contributed by atoms with Gasteiger partial charge in [-0.2, -0.15) is 0 Å². The van der Waals surface area contributed by atoms with Gasteiger partial charge in [0.25, 0.3) is 0 Å². The highest BCUT2D eigenvalue weighted by atomic mass is 32.2. The van der Waals surface area contributed by atoms with Gasteiger partial charge in [0.05, 0.1) is 10.2 Å². The zero-order chi connectivity index (χ0) is 14.7. The first kappa shape index (κ1) is 15.3. The van der Waals surface area contributed by atoms with Crippen LogP contribution in [0.5, 0.6) is 0 Å². The van der Waals surface area contributed by atoms with Crippen LogP contribution in [0.2, 0.25) is 0 Å². The molecule has 1 heterocycles. The van der Waals surface area contributed by atoms with Crippen molar-refractivity contribution in [1.29, 1.82) is 0 Å². The zero-order valence-electron chi connectivity index (χ0n) is 11.8. The van der Waals surface area contributed by atoms with Crippen LogP contribution in [0.3, 0.4) is 0 Å². The normalized spacial score (nSPS) is 12.8. The number of nitrogens with two attached hydrogens (primary N) is 1. The van der Waals surface area contributed by atoms with E-state index in [0.29, 0.717) is 12.3 Å². The summed E-state index contributed by atoms with van der Waals surface area (Å²) in [5.41, 5.74) is 7.68. The number of carbonyl (C=O) groups is 1. The first-order valence-corrected chi connectivity index (χ1v) is 8.53. The van der Waals surface area contributed by atoms with Gasteiger partial charge in [-0.1, -0.05) is 25.6 Å². The standard InChI is InChI=1S/C14H19N3OS2/c1-8(2)10(15)7-13(18)16-9-4-5-11-12(6-9)20-14(17-11)19-3/h4-6,8,10H,7,15H2,1-3H3,(H,16,18). The van der Waals surface area contributed by atoms with Gasteiger partial charge in [0.2, 0.25) is 5.91 Å². The number of thioether (sulfide) groups is 1. The summed E-state index contributed by atoms with van der Waals surface area (Å²) in [6.45, 7) is 4.04. The van der Waals surface area contributed by atoms with E-state index in [-0.39, 0.29) is 11.9 Å². The molecule has 1 atom stereocenters. The average molecular weight is 309 g/mol. The van der Waals surface area contributed by atoms with Crippen molar-refractivity contribution >= 4 is 44.9 Å². The zero-order valence-corrected chi connectivity index (χ0v) is 13.5. The topological polar surface area (TPSA) is 68.0 Å². The molecule has 20 heavy (non-hydrogen) atoms. The van der Waals surface area contributed by atoms with Gasteiger partial charge in [0, 0.05) is 18.2 Å². The monoisotopic (exact) mass is 309 g/mol. The van der Waals surface area contributed by atoms with Crippen molar-refractivity contribution in [2.24, 2.45) is 11.7 Å². The Balaban J connectivity index is 2.07. The molecule has 0 aliphatic heterocycles. The molecule has 0 bridgehead atoms. The maximum Gasteiger partial charge on any atom is 0.225 e. The van der Waals surface area contributed by atoms with E-state index in [9.17, 15) is 4.79 Å². The molecule has 0 fully saturated rings. The molecule has 0 spiro atoms. The lowest BCUT2D eigenvalue weighted by Gasteiger charge is -2.14. The molecule has 3 N–H and O–H groups in total. The number of benzene rings is 1. The number of fused-ring (bicyclic) bond motifs is 1. The number of hydrogen-bond donors (Lipinski definition) is 2. The highest BCUT2D eigenvalue weighted by Gasteiger charge is 2.13. The second-order valence-electron chi connectivity index (χ2n) is 5.03. The van der Waals surface area contributed by atoms with E-state index in [1.54, 1.807) is 23.1 Å². The maximum atomic E-state index is 11.9. The fraction of sp³-hybridized carbons (Fsp3) is 0.429. The highest BCUT2D eigenvalue weighted by molar-refractivity contribution is 8.00. The number of thiazole rings is 1. The quantitative estimate of drug-likeness (QED) is 0.831. The van der Waals surface area contributed by atoms with E-state index < -0.39 is 0 Å². The maximum absolute atomic E-state index is 11.9. The molecular formula is C14H19N3OS2. The van der Waals surface area contributed by atoms with Crippen molar-refractivity contribution in [1.82, 2.24) is 4.98 Å². The summed E-state index contributed by atoms with van der Waals surface area (Å²) in [6.07, 6.45) is 2.35. The lowest BCUT2D eigenvalue weighted by atomic mass is 10.0. The van der Waals surface area contributed by atoms with E-state index in [0.717, 1.165) is 20.2 Å². The predicted molar refractivity (Wildman–Crippen MR) is 87.5 cm³/mol. The van der Waals surface area contributed by atoms with Crippen LogP contribution >= 0.6 is 23.1 Å². The van der Waals surface area contributed by atoms with Gasteiger partial charge in [-0.3, -0.25) is 4.79 Å². The van der Waals surface area contributed by atoms with E-state index in [1.807, 2.05) is 38.3 Å².